The molecule has 0 aliphatic heterocycles. The third-order valence-corrected chi connectivity index (χ3v) is 5.77. The number of thioether (sulfide) groups is 1. The molecule has 0 spiro atoms. The molecule has 6 heteroatoms. The Morgan fingerprint density at radius 2 is 2.08 bits per heavy atom. The first kappa shape index (κ1) is 17.8. The van der Waals surface area contributed by atoms with Crippen LogP contribution in [-0.2, 0) is 5.60 Å². The van der Waals surface area contributed by atoms with E-state index in [1.807, 2.05) is 42.6 Å². The largest absolute Gasteiger partial charge is 0.466 e. The van der Waals surface area contributed by atoms with E-state index in [-0.39, 0.29) is 12.5 Å². The van der Waals surface area contributed by atoms with Crippen LogP contribution in [0.3, 0.4) is 0 Å². The molecule has 2 N–H and O–H groups in total. The molecule has 0 radical (unpaired) electrons. The van der Waals surface area contributed by atoms with Gasteiger partial charge in [0.2, 0.25) is 0 Å². The molecule has 3 aromatic rings. The van der Waals surface area contributed by atoms with Gasteiger partial charge in [0.1, 0.15) is 5.76 Å². The number of thiophene rings is 1. The van der Waals surface area contributed by atoms with Crippen molar-refractivity contribution in [2.24, 2.45) is 0 Å². The highest BCUT2D eigenvalue weighted by Gasteiger charge is 2.36. The van der Waals surface area contributed by atoms with Gasteiger partial charge in [-0.1, -0.05) is 25.1 Å². The van der Waals surface area contributed by atoms with Crippen LogP contribution in [0.4, 0.5) is 0 Å². The van der Waals surface area contributed by atoms with Crippen molar-refractivity contribution in [3.05, 3.63) is 76.4 Å². The number of amides is 1. The highest BCUT2D eigenvalue weighted by Crippen LogP contribution is 2.33. The van der Waals surface area contributed by atoms with Gasteiger partial charge in [-0.2, -0.15) is 0 Å². The van der Waals surface area contributed by atoms with Gasteiger partial charge in [-0.15, -0.1) is 23.1 Å². The predicted octanol–water partition coefficient (Wildman–Crippen LogP) is 4.12. The van der Waals surface area contributed by atoms with Crippen LogP contribution >= 0.6 is 23.1 Å². The summed E-state index contributed by atoms with van der Waals surface area (Å²) in [6.07, 6.45) is 1.52. The van der Waals surface area contributed by atoms with Gasteiger partial charge in [0.15, 0.2) is 5.60 Å². The molecule has 0 bridgehead atoms. The van der Waals surface area contributed by atoms with E-state index < -0.39 is 5.60 Å². The van der Waals surface area contributed by atoms with Crippen molar-refractivity contribution in [3.8, 4) is 0 Å². The van der Waals surface area contributed by atoms with Crippen LogP contribution in [-0.4, -0.2) is 23.3 Å². The van der Waals surface area contributed by atoms with Crippen LogP contribution in [0.5, 0.6) is 0 Å². The van der Waals surface area contributed by atoms with Gasteiger partial charge < -0.3 is 14.8 Å². The summed E-state index contributed by atoms with van der Waals surface area (Å²) in [5, 5.41) is 15.9. The van der Waals surface area contributed by atoms with Crippen molar-refractivity contribution in [3.63, 3.8) is 0 Å². The maximum absolute atomic E-state index is 12.7. The van der Waals surface area contributed by atoms with Gasteiger partial charge in [-0.3, -0.25) is 4.79 Å². The number of furan rings is 1. The molecule has 1 amide bonds. The zero-order valence-electron chi connectivity index (χ0n) is 13.8. The number of nitrogens with one attached hydrogen (secondary N) is 1. The lowest BCUT2D eigenvalue weighted by Crippen LogP contribution is -2.41. The minimum Gasteiger partial charge on any atom is -0.466 e. The number of hydrogen-bond acceptors (Lipinski definition) is 5. The van der Waals surface area contributed by atoms with Crippen molar-refractivity contribution in [1.82, 2.24) is 5.32 Å². The monoisotopic (exact) mass is 373 g/mol. The van der Waals surface area contributed by atoms with E-state index in [1.54, 1.807) is 30.0 Å². The topological polar surface area (TPSA) is 62.5 Å². The molecule has 0 aliphatic rings. The molecular weight excluding hydrogens is 354 g/mol. The second kappa shape index (κ2) is 7.91. The zero-order valence-corrected chi connectivity index (χ0v) is 15.4. The van der Waals surface area contributed by atoms with Gasteiger partial charge in [-0.25, -0.2) is 0 Å². The molecule has 0 unspecified atom stereocenters. The van der Waals surface area contributed by atoms with Crippen LogP contribution in [0.2, 0.25) is 0 Å². The van der Waals surface area contributed by atoms with Crippen molar-refractivity contribution in [1.29, 1.82) is 0 Å². The Bertz CT molecular complexity index is 779. The Morgan fingerprint density at radius 1 is 1.24 bits per heavy atom. The van der Waals surface area contributed by atoms with E-state index in [4.69, 9.17) is 4.42 Å². The summed E-state index contributed by atoms with van der Waals surface area (Å²) in [7, 11) is 0. The lowest BCUT2D eigenvalue weighted by molar-refractivity contribution is 0.0553. The zero-order chi connectivity index (χ0) is 17.7. The SMILES string of the molecule is CCSc1ccccc1C(=O)NC[C@@](O)(c1ccco1)c1cccs1. The van der Waals surface area contributed by atoms with Crippen molar-refractivity contribution in [2.75, 3.05) is 12.3 Å². The minimum absolute atomic E-state index is 0.0327. The summed E-state index contributed by atoms with van der Waals surface area (Å²) in [6.45, 7) is 2.08. The van der Waals surface area contributed by atoms with Crippen molar-refractivity contribution < 1.29 is 14.3 Å². The Morgan fingerprint density at radius 3 is 2.76 bits per heavy atom. The molecule has 2 aromatic heterocycles. The summed E-state index contributed by atoms with van der Waals surface area (Å²) in [5.41, 5.74) is -0.775. The maximum atomic E-state index is 12.7. The van der Waals surface area contributed by atoms with Gasteiger partial charge >= 0.3 is 0 Å². The number of aliphatic hydroxyl groups is 1. The molecule has 2 heterocycles. The Hall–Kier alpha value is -2.02. The van der Waals surface area contributed by atoms with E-state index in [1.165, 1.54) is 17.6 Å². The van der Waals surface area contributed by atoms with E-state index >= 15 is 0 Å². The van der Waals surface area contributed by atoms with E-state index in [0.29, 0.717) is 11.3 Å². The molecule has 4 nitrogen and oxygen atoms in total. The molecule has 0 saturated carbocycles. The normalized spacial score (nSPS) is 13.4. The lowest BCUT2D eigenvalue weighted by atomic mass is 9.98. The quantitative estimate of drug-likeness (QED) is 0.612. The highest BCUT2D eigenvalue weighted by atomic mass is 32.2. The van der Waals surface area contributed by atoms with Crippen LogP contribution in [0, 0.1) is 0 Å². The molecule has 0 saturated heterocycles. The van der Waals surface area contributed by atoms with E-state index in [0.717, 1.165) is 15.5 Å². The van der Waals surface area contributed by atoms with Crippen LogP contribution in [0.15, 0.2) is 69.5 Å². The molecule has 25 heavy (non-hydrogen) atoms. The van der Waals surface area contributed by atoms with Gasteiger partial charge in [0.05, 0.1) is 18.4 Å². The highest BCUT2D eigenvalue weighted by molar-refractivity contribution is 7.99. The molecule has 1 aromatic carbocycles. The predicted molar refractivity (Wildman–Crippen MR) is 101 cm³/mol. The van der Waals surface area contributed by atoms with Gasteiger partial charge in [0.25, 0.3) is 5.91 Å². The van der Waals surface area contributed by atoms with Crippen molar-refractivity contribution >= 4 is 29.0 Å². The molecule has 3 rings (SSSR count). The third-order valence-electron chi connectivity index (χ3n) is 3.79. The summed E-state index contributed by atoms with van der Waals surface area (Å²) >= 11 is 3.04. The molecule has 130 valence electrons. The smallest absolute Gasteiger partial charge is 0.252 e. The van der Waals surface area contributed by atoms with Crippen LogP contribution < -0.4 is 5.32 Å². The Kier molecular flexibility index (Phi) is 5.63. The number of rotatable bonds is 7. The first-order valence-electron chi connectivity index (χ1n) is 7.95. The summed E-state index contributed by atoms with van der Waals surface area (Å²) < 4.78 is 5.42. The number of carbonyl (C=O) groups excluding carboxylic acids is 1. The lowest BCUT2D eigenvalue weighted by Gasteiger charge is -2.25. The summed E-state index contributed by atoms with van der Waals surface area (Å²) in [6, 6.07) is 14.6. The Balaban J connectivity index is 1.82. The molecule has 1 atom stereocenters. The number of hydrogen-bond donors (Lipinski definition) is 2. The molecule has 0 fully saturated rings. The summed E-state index contributed by atoms with van der Waals surface area (Å²) in [4.78, 5) is 14.3. The molecule has 0 aliphatic carbocycles. The maximum Gasteiger partial charge on any atom is 0.252 e. The molecular formula is C19H19NO3S2. The van der Waals surface area contributed by atoms with Crippen LogP contribution in [0.25, 0.3) is 0 Å². The third kappa shape index (κ3) is 3.81. The number of benzene rings is 1. The average molecular weight is 373 g/mol. The fraction of sp³-hybridized carbons (Fsp3) is 0.211. The second-order valence-electron chi connectivity index (χ2n) is 5.43. The van der Waals surface area contributed by atoms with Gasteiger partial charge in [-0.05, 0) is 41.5 Å². The summed E-state index contributed by atoms with van der Waals surface area (Å²) in [5.74, 6) is 1.08. The number of carbonyl (C=O) groups is 1. The second-order valence-corrected chi connectivity index (χ2v) is 7.68. The Labute approximate surface area is 154 Å². The average Bonchev–Trinajstić information content (AvgIpc) is 3.34. The van der Waals surface area contributed by atoms with Gasteiger partial charge in [0, 0.05) is 9.77 Å². The minimum atomic E-state index is -1.39. The standard InChI is InChI=1S/C19H19NO3S2/c1-2-24-15-8-4-3-7-14(15)18(21)20-13-19(22,16-9-5-11-23-16)17-10-6-12-25-17/h3-12,22H,2,13H2,1H3,(H,20,21)/t19-/m1/s1. The van der Waals surface area contributed by atoms with Crippen molar-refractivity contribution in [2.45, 2.75) is 17.4 Å². The fourth-order valence-corrected chi connectivity index (χ4v) is 4.19. The van der Waals surface area contributed by atoms with E-state index in [2.05, 4.69) is 5.32 Å². The van der Waals surface area contributed by atoms with E-state index in [9.17, 15) is 9.90 Å². The fourth-order valence-electron chi connectivity index (χ4n) is 2.56. The first-order chi connectivity index (χ1) is 12.1. The van der Waals surface area contributed by atoms with Crippen LogP contribution in [0.1, 0.15) is 27.9 Å². The first-order valence-corrected chi connectivity index (χ1v) is 9.82.